The van der Waals surface area contributed by atoms with E-state index >= 15 is 0 Å². The van der Waals surface area contributed by atoms with Crippen molar-refractivity contribution in [3.8, 4) is 5.75 Å². The lowest BCUT2D eigenvalue weighted by molar-refractivity contribution is -0.129. The summed E-state index contributed by atoms with van der Waals surface area (Å²) in [5.74, 6) is 1.92. The van der Waals surface area contributed by atoms with Gasteiger partial charge >= 0.3 is 0 Å². The van der Waals surface area contributed by atoms with Gasteiger partial charge in [0, 0.05) is 11.8 Å². The fourth-order valence-corrected chi connectivity index (χ4v) is 5.88. The van der Waals surface area contributed by atoms with Crippen LogP contribution in [0.15, 0.2) is 12.1 Å². The van der Waals surface area contributed by atoms with Gasteiger partial charge in [0.2, 0.25) is 5.91 Å². The molecular weight excluding hydrogens is 382 g/mol. The molecule has 0 bridgehead atoms. The van der Waals surface area contributed by atoms with Crippen LogP contribution >= 0.6 is 15.9 Å². The number of phenolic OH excluding ortho intramolecular Hbond substituents is 1. The number of aromatic hydroxyl groups is 1. The second kappa shape index (κ2) is 6.11. The fourth-order valence-electron chi connectivity index (χ4n) is 5.74. The minimum absolute atomic E-state index is 0.122. The van der Waals surface area contributed by atoms with E-state index in [-0.39, 0.29) is 22.4 Å². The number of amides is 1. The van der Waals surface area contributed by atoms with Crippen LogP contribution in [0.1, 0.15) is 56.1 Å². The molecule has 0 unspecified atom stereocenters. The van der Waals surface area contributed by atoms with Crippen LogP contribution in [0.25, 0.3) is 0 Å². The van der Waals surface area contributed by atoms with Gasteiger partial charge in [0.15, 0.2) is 0 Å². The summed E-state index contributed by atoms with van der Waals surface area (Å²) >= 11 is 3.16. The van der Waals surface area contributed by atoms with Gasteiger partial charge in [-0.25, -0.2) is 0 Å². The summed E-state index contributed by atoms with van der Waals surface area (Å²) in [5.41, 5.74) is 2.81. The number of Topliss-reactive ketones (excluding diaryl/α,β-unsaturated/α-hetero) is 1. The third-order valence-electron chi connectivity index (χ3n) is 6.99. The number of carbonyl (C=O) groups is 2. The molecule has 0 radical (unpaired) electrons. The lowest BCUT2D eigenvalue weighted by Crippen LogP contribution is -2.42. The Morgan fingerprint density at radius 1 is 1.32 bits per heavy atom. The molecule has 25 heavy (non-hydrogen) atoms. The van der Waals surface area contributed by atoms with Gasteiger partial charge in [-0.3, -0.25) is 9.59 Å². The maximum Gasteiger partial charge on any atom is 0.235 e. The third-order valence-corrected chi connectivity index (χ3v) is 7.50. The zero-order valence-electron chi connectivity index (χ0n) is 14.5. The normalized spacial score (nSPS) is 33.4. The van der Waals surface area contributed by atoms with Gasteiger partial charge in [-0.15, -0.1) is 0 Å². The van der Waals surface area contributed by atoms with Crippen LogP contribution in [-0.4, -0.2) is 22.1 Å². The van der Waals surface area contributed by atoms with Gasteiger partial charge < -0.3 is 10.4 Å². The molecule has 4 nitrogen and oxygen atoms in total. The van der Waals surface area contributed by atoms with Crippen LogP contribution in [0.2, 0.25) is 0 Å². The molecule has 0 spiro atoms. The summed E-state index contributed by atoms with van der Waals surface area (Å²) in [6.45, 7) is 2.18. The molecule has 134 valence electrons. The summed E-state index contributed by atoms with van der Waals surface area (Å²) in [6.07, 6.45) is 5.62. The largest absolute Gasteiger partial charge is 0.506 e. The molecule has 0 heterocycles. The lowest BCUT2D eigenvalue weighted by atomic mass is 9.55. The molecule has 0 saturated heterocycles. The van der Waals surface area contributed by atoms with E-state index in [1.54, 1.807) is 6.07 Å². The topological polar surface area (TPSA) is 66.4 Å². The highest BCUT2D eigenvalue weighted by Gasteiger charge is 2.54. The minimum atomic E-state index is -0.150. The van der Waals surface area contributed by atoms with Crippen LogP contribution in [0.5, 0.6) is 5.75 Å². The number of hydrogen-bond acceptors (Lipinski definition) is 3. The highest BCUT2D eigenvalue weighted by atomic mass is 79.9. The molecule has 4 rings (SSSR count). The van der Waals surface area contributed by atoms with E-state index in [4.69, 9.17) is 0 Å². The molecular formula is C20H24BrNO3. The Labute approximate surface area is 156 Å². The molecule has 3 aliphatic carbocycles. The Morgan fingerprint density at radius 2 is 2.12 bits per heavy atom. The average molecular weight is 406 g/mol. The molecule has 1 aromatic rings. The van der Waals surface area contributed by atoms with Gasteiger partial charge in [-0.05, 0) is 67.1 Å². The van der Waals surface area contributed by atoms with E-state index in [0.29, 0.717) is 29.2 Å². The van der Waals surface area contributed by atoms with Crippen molar-refractivity contribution in [1.82, 2.24) is 0 Å². The zero-order valence-corrected chi connectivity index (χ0v) is 16.1. The maximum absolute atomic E-state index is 12.4. The number of benzene rings is 1. The van der Waals surface area contributed by atoms with Gasteiger partial charge in [0.05, 0.1) is 11.0 Å². The summed E-state index contributed by atoms with van der Waals surface area (Å²) in [4.78, 5) is 24.2. The number of fused-ring (bicyclic) bond motifs is 5. The molecule has 4 atom stereocenters. The predicted octanol–water partition coefficient (Wildman–Crippen LogP) is 4.15. The smallest absolute Gasteiger partial charge is 0.235 e. The van der Waals surface area contributed by atoms with E-state index in [0.717, 1.165) is 44.1 Å². The van der Waals surface area contributed by atoms with Crippen LogP contribution in [0.3, 0.4) is 0 Å². The van der Waals surface area contributed by atoms with Crippen molar-refractivity contribution >= 4 is 33.3 Å². The number of rotatable bonds is 2. The van der Waals surface area contributed by atoms with Crippen molar-refractivity contribution < 1.29 is 14.7 Å². The summed E-state index contributed by atoms with van der Waals surface area (Å²) < 4.78 is 0. The third kappa shape index (κ3) is 2.54. The summed E-state index contributed by atoms with van der Waals surface area (Å²) in [5, 5.41) is 13.3. The van der Waals surface area contributed by atoms with E-state index in [1.807, 2.05) is 6.07 Å². The van der Waals surface area contributed by atoms with Crippen LogP contribution < -0.4 is 5.32 Å². The van der Waals surface area contributed by atoms with Crippen LogP contribution in [0.4, 0.5) is 5.69 Å². The van der Waals surface area contributed by atoms with E-state index in [2.05, 4.69) is 28.2 Å². The van der Waals surface area contributed by atoms with Crippen molar-refractivity contribution in [2.24, 2.45) is 17.3 Å². The first-order valence-corrected chi connectivity index (χ1v) is 10.3. The molecule has 5 heteroatoms. The standard InChI is InChI=1S/C20H24BrNO3/c1-20-9-8-12-11-4-6-16(23)19(22-18(25)10-21)14(11)3-2-13(12)15(20)5-7-17(20)24/h4,6,12-13,15,23H,2-3,5,7-10H2,1H3,(H,22,25)/t12-,13-,15+,20+/m1/s1. The van der Waals surface area contributed by atoms with Crippen molar-refractivity contribution in [2.45, 2.75) is 51.4 Å². The van der Waals surface area contributed by atoms with E-state index in [1.165, 1.54) is 5.56 Å². The Balaban J connectivity index is 1.71. The SMILES string of the molecule is C[C@]12CC[C@@H]3c4ccc(O)c(NC(=O)CBr)c4CC[C@H]3[C@@H]1CCC2=O. The second-order valence-corrected chi connectivity index (χ2v) is 8.60. The molecule has 2 saturated carbocycles. The number of anilines is 1. The molecule has 3 aliphatic rings. The fraction of sp³-hybridized carbons (Fsp3) is 0.600. The molecule has 0 aliphatic heterocycles. The number of alkyl halides is 1. The average Bonchev–Trinajstić information content (AvgIpc) is 2.92. The Hall–Kier alpha value is -1.36. The van der Waals surface area contributed by atoms with Gasteiger partial charge in [0.1, 0.15) is 11.5 Å². The van der Waals surface area contributed by atoms with Crippen molar-refractivity contribution in [1.29, 1.82) is 0 Å². The summed E-state index contributed by atoms with van der Waals surface area (Å²) in [7, 11) is 0. The number of nitrogens with one attached hydrogen (secondary N) is 1. The monoisotopic (exact) mass is 405 g/mol. The molecule has 1 aromatic carbocycles. The molecule has 1 amide bonds. The number of hydrogen-bond donors (Lipinski definition) is 2. The first-order valence-electron chi connectivity index (χ1n) is 9.19. The minimum Gasteiger partial charge on any atom is -0.506 e. The van der Waals surface area contributed by atoms with Crippen LogP contribution in [-0.2, 0) is 16.0 Å². The first kappa shape index (κ1) is 17.1. The first-order chi connectivity index (χ1) is 12.0. The quantitative estimate of drug-likeness (QED) is 0.573. The van der Waals surface area contributed by atoms with Crippen LogP contribution in [0, 0.1) is 17.3 Å². The van der Waals surface area contributed by atoms with Crippen molar-refractivity contribution in [3.05, 3.63) is 23.3 Å². The molecule has 2 N–H and O–H groups in total. The maximum atomic E-state index is 12.4. The second-order valence-electron chi connectivity index (χ2n) is 8.04. The number of halogens is 1. The van der Waals surface area contributed by atoms with Gasteiger partial charge in [-0.1, -0.05) is 28.9 Å². The van der Waals surface area contributed by atoms with Gasteiger partial charge in [-0.2, -0.15) is 0 Å². The van der Waals surface area contributed by atoms with E-state index < -0.39 is 0 Å². The number of ketones is 1. The van der Waals surface area contributed by atoms with Crippen molar-refractivity contribution in [2.75, 3.05) is 10.6 Å². The predicted molar refractivity (Wildman–Crippen MR) is 100 cm³/mol. The van der Waals surface area contributed by atoms with E-state index in [9.17, 15) is 14.7 Å². The molecule has 2 fully saturated rings. The molecule has 0 aromatic heterocycles. The lowest BCUT2D eigenvalue weighted by Gasteiger charge is -2.48. The Morgan fingerprint density at radius 3 is 2.88 bits per heavy atom. The highest BCUT2D eigenvalue weighted by molar-refractivity contribution is 9.09. The highest BCUT2D eigenvalue weighted by Crippen LogP contribution is 2.60. The van der Waals surface area contributed by atoms with Crippen molar-refractivity contribution in [3.63, 3.8) is 0 Å². The number of carbonyl (C=O) groups excluding carboxylic acids is 2. The Bertz CT molecular complexity index is 747. The summed E-state index contributed by atoms with van der Waals surface area (Å²) in [6, 6.07) is 3.74. The Kier molecular flexibility index (Phi) is 4.18. The zero-order chi connectivity index (χ0) is 17.8. The number of phenols is 1. The van der Waals surface area contributed by atoms with Gasteiger partial charge in [0.25, 0.3) is 0 Å².